The lowest BCUT2D eigenvalue weighted by molar-refractivity contribution is -0.157. The highest BCUT2D eigenvalue weighted by Gasteiger charge is 2.55. The molecule has 2 N–H and O–H groups in total. The summed E-state index contributed by atoms with van der Waals surface area (Å²) in [7, 11) is 0. The van der Waals surface area contributed by atoms with Gasteiger partial charge < -0.3 is 14.9 Å². The first-order valence-electron chi connectivity index (χ1n) is 4.70. The third-order valence-corrected chi connectivity index (χ3v) is 2.88. The fraction of sp³-hybridized carbons (Fsp3) is 0.273. The van der Waals surface area contributed by atoms with Crippen LogP contribution in [0, 0.1) is 0 Å². The minimum Gasteiger partial charge on any atom is -0.480 e. The fourth-order valence-corrected chi connectivity index (χ4v) is 1.91. The van der Waals surface area contributed by atoms with Crippen molar-refractivity contribution in [2.75, 3.05) is 0 Å². The van der Waals surface area contributed by atoms with Gasteiger partial charge in [0.25, 0.3) is 0 Å². The van der Waals surface area contributed by atoms with Gasteiger partial charge in [0.1, 0.15) is 11.2 Å². The summed E-state index contributed by atoms with van der Waals surface area (Å²) in [6, 6.07) is 6.48. The molecule has 0 saturated carbocycles. The maximum Gasteiger partial charge on any atom is 0.346 e. The molecule has 5 nitrogen and oxygen atoms in total. The van der Waals surface area contributed by atoms with E-state index < -0.39 is 23.5 Å². The van der Waals surface area contributed by atoms with Gasteiger partial charge in [-0.15, -0.1) is 0 Å². The number of fused-ring (bicyclic) bond motifs is 1. The molecule has 0 spiro atoms. The van der Waals surface area contributed by atoms with Crippen molar-refractivity contribution in [1.82, 2.24) is 0 Å². The van der Waals surface area contributed by atoms with E-state index in [0.29, 0.717) is 11.3 Å². The van der Waals surface area contributed by atoms with Crippen LogP contribution in [0.2, 0.25) is 0 Å². The molecule has 0 aliphatic carbocycles. The van der Waals surface area contributed by atoms with E-state index in [0.717, 1.165) is 0 Å². The highest BCUT2D eigenvalue weighted by Crippen LogP contribution is 2.43. The Bertz CT molecular complexity index is 467. The largest absolute Gasteiger partial charge is 0.480 e. The number of ether oxygens (including phenoxy) is 1. The van der Waals surface area contributed by atoms with E-state index in [9.17, 15) is 14.7 Å². The van der Waals surface area contributed by atoms with Crippen molar-refractivity contribution in [2.45, 2.75) is 18.4 Å². The number of carboxylic acid groups (broad SMARTS) is 2. The molecule has 16 heavy (non-hydrogen) atoms. The molecule has 0 saturated heterocycles. The smallest absolute Gasteiger partial charge is 0.346 e. The molecule has 0 radical (unpaired) electrons. The van der Waals surface area contributed by atoms with Gasteiger partial charge in [-0.05, 0) is 13.0 Å². The summed E-state index contributed by atoms with van der Waals surface area (Å²) in [6.07, 6.45) is -1.39. The molecular formula is C11H10O5. The minimum absolute atomic E-state index is 0.319. The van der Waals surface area contributed by atoms with Crippen LogP contribution in [0.5, 0.6) is 5.75 Å². The highest BCUT2D eigenvalue weighted by molar-refractivity contribution is 5.92. The van der Waals surface area contributed by atoms with Crippen LogP contribution in [-0.4, -0.2) is 28.3 Å². The van der Waals surface area contributed by atoms with Gasteiger partial charge in [0.15, 0.2) is 0 Å². The topological polar surface area (TPSA) is 83.8 Å². The van der Waals surface area contributed by atoms with E-state index >= 15 is 0 Å². The SMILES string of the molecule is CC1(C(=O)O)c2ccccc2OC1C(=O)O. The average Bonchev–Trinajstić information content (AvgIpc) is 2.54. The first kappa shape index (κ1) is 10.5. The summed E-state index contributed by atoms with van der Waals surface area (Å²) in [5.74, 6) is -2.16. The first-order chi connectivity index (χ1) is 7.48. The monoisotopic (exact) mass is 222 g/mol. The third-order valence-electron chi connectivity index (χ3n) is 2.88. The van der Waals surface area contributed by atoms with Crippen LogP contribution in [0.15, 0.2) is 24.3 Å². The maximum absolute atomic E-state index is 11.3. The van der Waals surface area contributed by atoms with Gasteiger partial charge in [0.05, 0.1) is 0 Å². The lowest BCUT2D eigenvalue weighted by Gasteiger charge is -2.22. The molecule has 2 unspecified atom stereocenters. The first-order valence-corrected chi connectivity index (χ1v) is 4.70. The number of carbonyl (C=O) groups is 2. The average molecular weight is 222 g/mol. The number of benzene rings is 1. The molecule has 2 atom stereocenters. The normalized spacial score (nSPS) is 26.9. The molecule has 1 aromatic carbocycles. The van der Waals surface area contributed by atoms with E-state index in [1.165, 1.54) is 6.92 Å². The van der Waals surface area contributed by atoms with Crippen molar-refractivity contribution < 1.29 is 24.5 Å². The molecule has 0 bridgehead atoms. The number of carboxylic acids is 2. The van der Waals surface area contributed by atoms with E-state index in [-0.39, 0.29) is 0 Å². The second-order valence-electron chi connectivity index (χ2n) is 3.84. The standard InChI is InChI=1S/C11H10O5/c1-11(10(14)15)6-4-2-3-5-7(6)16-8(11)9(12)13/h2-5,8H,1H3,(H,12,13)(H,14,15). The zero-order valence-electron chi connectivity index (χ0n) is 8.51. The van der Waals surface area contributed by atoms with Crippen LogP contribution in [-0.2, 0) is 15.0 Å². The molecule has 1 aliphatic heterocycles. The molecule has 1 aliphatic rings. The summed E-state index contributed by atoms with van der Waals surface area (Å²) in [5, 5.41) is 18.2. The van der Waals surface area contributed by atoms with Crippen LogP contribution < -0.4 is 4.74 Å². The molecular weight excluding hydrogens is 212 g/mol. The molecule has 1 heterocycles. The van der Waals surface area contributed by atoms with E-state index in [1.807, 2.05) is 0 Å². The fourth-order valence-electron chi connectivity index (χ4n) is 1.91. The molecule has 2 rings (SSSR count). The summed E-state index contributed by atoms with van der Waals surface area (Å²) in [6.45, 7) is 1.36. The highest BCUT2D eigenvalue weighted by atomic mass is 16.5. The van der Waals surface area contributed by atoms with Crippen LogP contribution >= 0.6 is 0 Å². The third kappa shape index (κ3) is 1.18. The zero-order chi connectivity index (χ0) is 11.9. The van der Waals surface area contributed by atoms with E-state index in [4.69, 9.17) is 9.84 Å². The van der Waals surface area contributed by atoms with Gasteiger partial charge in [0, 0.05) is 5.56 Å². The lowest BCUT2D eigenvalue weighted by Crippen LogP contribution is -2.47. The molecule has 0 fully saturated rings. The van der Waals surface area contributed by atoms with Gasteiger partial charge in [-0.1, -0.05) is 18.2 Å². The Kier molecular flexibility index (Phi) is 2.11. The maximum atomic E-state index is 11.3. The summed E-state index contributed by atoms with van der Waals surface area (Å²) >= 11 is 0. The van der Waals surface area contributed by atoms with Gasteiger partial charge in [0.2, 0.25) is 6.10 Å². The Morgan fingerprint density at radius 2 is 1.94 bits per heavy atom. The minimum atomic E-state index is -1.54. The Morgan fingerprint density at radius 3 is 2.50 bits per heavy atom. The quantitative estimate of drug-likeness (QED) is 0.775. The Hall–Kier alpha value is -2.04. The molecule has 1 aromatic rings. The van der Waals surface area contributed by atoms with Crippen LogP contribution in [0.25, 0.3) is 0 Å². The summed E-state index contributed by atoms with van der Waals surface area (Å²) < 4.78 is 5.16. The number of hydrogen-bond acceptors (Lipinski definition) is 3. The zero-order valence-corrected chi connectivity index (χ0v) is 8.51. The van der Waals surface area contributed by atoms with Crippen molar-refractivity contribution >= 4 is 11.9 Å². The number of aliphatic carboxylic acids is 2. The lowest BCUT2D eigenvalue weighted by atomic mass is 9.79. The summed E-state index contributed by atoms with van der Waals surface area (Å²) in [5.41, 5.74) is -1.14. The second kappa shape index (κ2) is 3.23. The van der Waals surface area contributed by atoms with Crippen molar-refractivity contribution in [3.8, 4) is 5.75 Å². The number of para-hydroxylation sites is 1. The summed E-state index contributed by atoms with van der Waals surface area (Å²) in [4.78, 5) is 22.3. The Labute approximate surface area is 91.3 Å². The number of hydrogen-bond donors (Lipinski definition) is 2. The number of rotatable bonds is 2. The van der Waals surface area contributed by atoms with Gasteiger partial charge in [-0.25, -0.2) is 4.79 Å². The van der Waals surface area contributed by atoms with Crippen LogP contribution in [0.1, 0.15) is 12.5 Å². The predicted molar refractivity (Wildman–Crippen MR) is 53.5 cm³/mol. The van der Waals surface area contributed by atoms with Gasteiger partial charge in [-0.3, -0.25) is 4.79 Å². The van der Waals surface area contributed by atoms with Crippen molar-refractivity contribution in [2.24, 2.45) is 0 Å². The van der Waals surface area contributed by atoms with Crippen LogP contribution in [0.4, 0.5) is 0 Å². The molecule has 0 amide bonds. The van der Waals surface area contributed by atoms with Crippen molar-refractivity contribution in [3.63, 3.8) is 0 Å². The Balaban J connectivity index is 2.61. The Morgan fingerprint density at radius 1 is 1.31 bits per heavy atom. The molecule has 5 heteroatoms. The van der Waals surface area contributed by atoms with Gasteiger partial charge in [-0.2, -0.15) is 0 Å². The van der Waals surface area contributed by atoms with Gasteiger partial charge >= 0.3 is 11.9 Å². The van der Waals surface area contributed by atoms with E-state index in [1.54, 1.807) is 24.3 Å². The van der Waals surface area contributed by atoms with E-state index in [2.05, 4.69) is 0 Å². The predicted octanol–water partition coefficient (Wildman–Crippen LogP) is 0.874. The molecule has 0 aromatic heterocycles. The second-order valence-corrected chi connectivity index (χ2v) is 3.84. The van der Waals surface area contributed by atoms with Crippen molar-refractivity contribution in [3.05, 3.63) is 29.8 Å². The van der Waals surface area contributed by atoms with Crippen molar-refractivity contribution in [1.29, 1.82) is 0 Å². The van der Waals surface area contributed by atoms with Crippen LogP contribution in [0.3, 0.4) is 0 Å². The molecule has 84 valence electrons.